The molecule has 1 aromatic carbocycles. The van der Waals surface area contributed by atoms with Crippen LogP contribution in [0.25, 0.3) is 0 Å². The standard InChI is InChI=1S/C11H15BrClN3O/c1-3-9(11(14)16-17)15-10-5-8(13)6(2)4-7(10)12/h4-5,9,15,17H,3H2,1-2H3,(H2,14,16). The minimum absolute atomic E-state index is 0.149. The lowest BCUT2D eigenvalue weighted by Gasteiger charge is -2.18. The molecule has 0 aliphatic carbocycles. The Balaban J connectivity index is 2.98. The van der Waals surface area contributed by atoms with Crippen LogP contribution < -0.4 is 11.1 Å². The van der Waals surface area contributed by atoms with Crippen molar-refractivity contribution in [3.05, 3.63) is 27.2 Å². The number of aryl methyl sites for hydroxylation is 1. The number of halogens is 2. The van der Waals surface area contributed by atoms with Gasteiger partial charge < -0.3 is 16.3 Å². The summed E-state index contributed by atoms with van der Waals surface area (Å²) < 4.78 is 0.892. The number of hydrogen-bond donors (Lipinski definition) is 3. The molecule has 0 saturated carbocycles. The lowest BCUT2D eigenvalue weighted by atomic mass is 10.1. The van der Waals surface area contributed by atoms with E-state index in [0.29, 0.717) is 11.4 Å². The molecule has 0 saturated heterocycles. The molecule has 0 aliphatic heterocycles. The molecule has 6 heteroatoms. The Morgan fingerprint density at radius 1 is 1.65 bits per heavy atom. The first-order chi connectivity index (χ1) is 7.99. The highest BCUT2D eigenvalue weighted by molar-refractivity contribution is 9.10. The zero-order chi connectivity index (χ0) is 13.0. The highest BCUT2D eigenvalue weighted by Gasteiger charge is 2.13. The van der Waals surface area contributed by atoms with Crippen LogP contribution in [0.4, 0.5) is 5.69 Å². The third kappa shape index (κ3) is 3.51. The summed E-state index contributed by atoms with van der Waals surface area (Å²) in [6.45, 7) is 3.87. The predicted molar refractivity (Wildman–Crippen MR) is 75.0 cm³/mol. The first kappa shape index (κ1) is 14.1. The SMILES string of the molecule is CCC(Nc1cc(Cl)c(C)cc1Br)/C(N)=N/O. The van der Waals surface area contributed by atoms with Gasteiger partial charge in [-0.1, -0.05) is 23.7 Å². The maximum atomic E-state index is 8.67. The largest absolute Gasteiger partial charge is 0.409 e. The molecule has 0 aliphatic rings. The van der Waals surface area contributed by atoms with E-state index in [4.69, 9.17) is 22.5 Å². The van der Waals surface area contributed by atoms with Crippen LogP contribution in [0, 0.1) is 6.92 Å². The van der Waals surface area contributed by atoms with Crippen molar-refractivity contribution >= 4 is 39.1 Å². The third-order valence-electron chi connectivity index (χ3n) is 2.46. The Morgan fingerprint density at radius 2 is 2.29 bits per heavy atom. The van der Waals surface area contributed by atoms with E-state index in [1.807, 2.05) is 26.0 Å². The zero-order valence-corrected chi connectivity index (χ0v) is 12.0. The molecule has 0 fully saturated rings. The van der Waals surface area contributed by atoms with Crippen LogP contribution in [0.5, 0.6) is 0 Å². The molecule has 0 heterocycles. The lowest BCUT2D eigenvalue weighted by molar-refractivity contribution is 0.316. The minimum Gasteiger partial charge on any atom is -0.409 e. The van der Waals surface area contributed by atoms with Crippen molar-refractivity contribution in [3.63, 3.8) is 0 Å². The van der Waals surface area contributed by atoms with Crippen LogP contribution in [0.3, 0.4) is 0 Å². The van der Waals surface area contributed by atoms with Crippen molar-refractivity contribution in [1.29, 1.82) is 0 Å². The van der Waals surface area contributed by atoms with Crippen LogP contribution in [0.1, 0.15) is 18.9 Å². The van der Waals surface area contributed by atoms with Gasteiger partial charge >= 0.3 is 0 Å². The van der Waals surface area contributed by atoms with Gasteiger partial charge in [-0.2, -0.15) is 0 Å². The van der Waals surface area contributed by atoms with Gasteiger partial charge in [0.2, 0.25) is 0 Å². The topological polar surface area (TPSA) is 70.6 Å². The molecular weight excluding hydrogens is 305 g/mol. The second kappa shape index (κ2) is 6.12. The molecule has 1 unspecified atom stereocenters. The van der Waals surface area contributed by atoms with Crippen molar-refractivity contribution in [2.45, 2.75) is 26.3 Å². The molecule has 94 valence electrons. The van der Waals surface area contributed by atoms with Gasteiger partial charge in [0.1, 0.15) is 0 Å². The molecule has 17 heavy (non-hydrogen) atoms. The normalized spacial score (nSPS) is 13.5. The number of benzene rings is 1. The van der Waals surface area contributed by atoms with E-state index in [-0.39, 0.29) is 11.9 Å². The van der Waals surface area contributed by atoms with Crippen molar-refractivity contribution in [1.82, 2.24) is 0 Å². The highest BCUT2D eigenvalue weighted by Crippen LogP contribution is 2.29. The van der Waals surface area contributed by atoms with Crippen LogP contribution in [0.15, 0.2) is 21.8 Å². The quantitative estimate of drug-likeness (QED) is 0.345. The summed E-state index contributed by atoms with van der Waals surface area (Å²) in [6.07, 6.45) is 0.702. The average Bonchev–Trinajstić information content (AvgIpc) is 2.31. The Hall–Kier alpha value is -0.940. The van der Waals surface area contributed by atoms with E-state index in [1.165, 1.54) is 0 Å². The summed E-state index contributed by atoms with van der Waals surface area (Å²) in [5.41, 5.74) is 7.39. The Labute approximate surface area is 114 Å². The molecule has 1 rings (SSSR count). The van der Waals surface area contributed by atoms with Crippen LogP contribution >= 0.6 is 27.5 Å². The number of oxime groups is 1. The maximum absolute atomic E-state index is 8.67. The van der Waals surface area contributed by atoms with Gasteiger partial charge in [-0.05, 0) is 47.0 Å². The Morgan fingerprint density at radius 3 is 2.82 bits per heavy atom. The van der Waals surface area contributed by atoms with E-state index in [1.54, 1.807) is 0 Å². The molecule has 0 radical (unpaired) electrons. The number of nitrogens with zero attached hydrogens (tertiary/aromatic N) is 1. The fraction of sp³-hybridized carbons (Fsp3) is 0.364. The van der Waals surface area contributed by atoms with Crippen LogP contribution in [-0.2, 0) is 0 Å². The van der Waals surface area contributed by atoms with Gasteiger partial charge in [0.05, 0.1) is 11.7 Å². The van der Waals surface area contributed by atoms with Gasteiger partial charge in [0.15, 0.2) is 5.84 Å². The lowest BCUT2D eigenvalue weighted by Crippen LogP contribution is -2.35. The van der Waals surface area contributed by atoms with Gasteiger partial charge in [-0.15, -0.1) is 0 Å². The summed E-state index contributed by atoms with van der Waals surface area (Å²) in [7, 11) is 0. The molecule has 4 N–H and O–H groups in total. The minimum atomic E-state index is -0.227. The maximum Gasteiger partial charge on any atom is 0.161 e. The van der Waals surface area contributed by atoms with Gasteiger partial charge in [-0.3, -0.25) is 0 Å². The van der Waals surface area contributed by atoms with Crippen molar-refractivity contribution in [3.8, 4) is 0 Å². The zero-order valence-electron chi connectivity index (χ0n) is 9.67. The monoisotopic (exact) mass is 319 g/mol. The van der Waals surface area contributed by atoms with E-state index in [0.717, 1.165) is 15.7 Å². The van der Waals surface area contributed by atoms with Crippen molar-refractivity contribution in [2.75, 3.05) is 5.32 Å². The van der Waals surface area contributed by atoms with E-state index < -0.39 is 0 Å². The number of nitrogens with one attached hydrogen (secondary N) is 1. The van der Waals surface area contributed by atoms with E-state index >= 15 is 0 Å². The molecular formula is C11H15BrClN3O. The fourth-order valence-corrected chi connectivity index (χ4v) is 2.14. The summed E-state index contributed by atoms with van der Waals surface area (Å²) >= 11 is 9.50. The summed E-state index contributed by atoms with van der Waals surface area (Å²) in [5, 5.41) is 15.5. The fourth-order valence-electron chi connectivity index (χ4n) is 1.40. The summed E-state index contributed by atoms with van der Waals surface area (Å²) in [6, 6.07) is 3.51. The third-order valence-corrected chi connectivity index (χ3v) is 3.52. The number of hydrogen-bond acceptors (Lipinski definition) is 3. The summed E-state index contributed by atoms with van der Waals surface area (Å²) in [5.74, 6) is 0.149. The second-order valence-electron chi connectivity index (χ2n) is 3.71. The average molecular weight is 321 g/mol. The first-order valence-corrected chi connectivity index (χ1v) is 6.36. The Bertz CT molecular complexity index is 437. The molecule has 4 nitrogen and oxygen atoms in total. The number of nitrogens with two attached hydrogens (primary N) is 1. The molecule has 0 aromatic heterocycles. The molecule has 0 spiro atoms. The summed E-state index contributed by atoms with van der Waals surface area (Å²) in [4.78, 5) is 0. The second-order valence-corrected chi connectivity index (χ2v) is 4.97. The van der Waals surface area contributed by atoms with Crippen LogP contribution in [0.2, 0.25) is 5.02 Å². The van der Waals surface area contributed by atoms with Gasteiger partial charge in [-0.25, -0.2) is 0 Å². The molecule has 1 aromatic rings. The van der Waals surface area contributed by atoms with Gasteiger partial charge in [0.25, 0.3) is 0 Å². The predicted octanol–water partition coefficient (Wildman–Crippen LogP) is 3.35. The van der Waals surface area contributed by atoms with Crippen molar-refractivity contribution < 1.29 is 5.21 Å². The van der Waals surface area contributed by atoms with E-state index in [2.05, 4.69) is 26.4 Å². The Kier molecular flexibility index (Phi) is 5.08. The van der Waals surface area contributed by atoms with E-state index in [9.17, 15) is 0 Å². The first-order valence-electron chi connectivity index (χ1n) is 5.19. The molecule has 0 bridgehead atoms. The highest BCUT2D eigenvalue weighted by atomic mass is 79.9. The number of anilines is 1. The molecule has 1 atom stereocenters. The molecule has 0 amide bonds. The smallest absolute Gasteiger partial charge is 0.161 e. The number of rotatable bonds is 4. The number of amidine groups is 1. The van der Waals surface area contributed by atoms with Gasteiger partial charge in [0, 0.05) is 9.50 Å². The van der Waals surface area contributed by atoms with Crippen molar-refractivity contribution in [2.24, 2.45) is 10.9 Å². The van der Waals surface area contributed by atoms with Crippen LogP contribution in [-0.4, -0.2) is 17.1 Å².